The molecule has 0 fully saturated rings. The van der Waals surface area contributed by atoms with Crippen LogP contribution in [-0.4, -0.2) is 28.7 Å². The van der Waals surface area contributed by atoms with E-state index in [4.69, 9.17) is 13.9 Å². The number of anilines is 1. The Kier molecular flexibility index (Phi) is 9.16. The number of nitrogens with zero attached hydrogens (tertiary/aromatic N) is 2. The number of carbonyl (C=O) groups is 2. The Balaban J connectivity index is 1.49. The molecule has 0 unspecified atom stereocenters. The summed E-state index contributed by atoms with van der Waals surface area (Å²) in [5.74, 6) is -0.761. The second-order valence-electron chi connectivity index (χ2n) is 6.96. The van der Waals surface area contributed by atoms with Crippen LogP contribution in [0.3, 0.4) is 0 Å². The largest absolute Gasteiger partial charge is 0.482 e. The average molecular weight is 508 g/mol. The minimum atomic E-state index is -0.810. The first-order chi connectivity index (χ1) is 16.4. The van der Waals surface area contributed by atoms with Crippen molar-refractivity contribution in [1.82, 2.24) is 10.2 Å². The molecule has 2 aromatic heterocycles. The summed E-state index contributed by atoms with van der Waals surface area (Å²) in [4.78, 5) is 36.3. The lowest BCUT2D eigenvalue weighted by Crippen LogP contribution is -2.21. The highest BCUT2D eigenvalue weighted by Gasteiger charge is 2.17. The van der Waals surface area contributed by atoms with E-state index < -0.39 is 23.8 Å². The molecule has 12 heteroatoms. The molecular formula is C22H22FN3O6S2. The molecule has 0 bridgehead atoms. The van der Waals surface area contributed by atoms with Gasteiger partial charge in [-0.3, -0.25) is 9.59 Å². The van der Waals surface area contributed by atoms with Gasteiger partial charge in [0.05, 0.1) is 5.75 Å². The highest BCUT2D eigenvalue weighted by atomic mass is 32.2. The maximum Gasteiger partial charge on any atom is 0.349 e. The fraction of sp³-hybridized carbons (Fsp3) is 0.318. The van der Waals surface area contributed by atoms with E-state index in [0.717, 1.165) is 19.1 Å². The van der Waals surface area contributed by atoms with Gasteiger partial charge >= 0.3 is 5.97 Å². The smallest absolute Gasteiger partial charge is 0.349 e. The van der Waals surface area contributed by atoms with Gasteiger partial charge in [-0.25, -0.2) is 9.18 Å². The normalized spacial score (nSPS) is 10.8. The van der Waals surface area contributed by atoms with Crippen LogP contribution in [0.1, 0.15) is 32.4 Å². The van der Waals surface area contributed by atoms with Crippen LogP contribution in [0.5, 0.6) is 11.5 Å². The predicted octanol–water partition coefficient (Wildman–Crippen LogP) is 4.28. The Bertz CT molecular complexity index is 1180. The second-order valence-corrected chi connectivity index (χ2v) is 9.16. The number of nitrogens with one attached hydrogen (secondary N) is 1. The van der Waals surface area contributed by atoms with Crippen molar-refractivity contribution in [3.8, 4) is 11.5 Å². The van der Waals surface area contributed by atoms with Crippen molar-refractivity contribution in [3.05, 3.63) is 58.4 Å². The van der Waals surface area contributed by atoms with Crippen molar-refractivity contribution in [2.24, 2.45) is 5.92 Å². The van der Waals surface area contributed by atoms with Crippen LogP contribution in [0.15, 0.2) is 50.1 Å². The second kappa shape index (κ2) is 12.3. The van der Waals surface area contributed by atoms with Crippen molar-refractivity contribution < 1.29 is 27.9 Å². The summed E-state index contributed by atoms with van der Waals surface area (Å²) in [7, 11) is 0. The van der Waals surface area contributed by atoms with Gasteiger partial charge in [-0.05, 0) is 37.1 Å². The number of thioether (sulfide) groups is 1. The fourth-order valence-electron chi connectivity index (χ4n) is 2.73. The number of rotatable bonds is 11. The van der Waals surface area contributed by atoms with Crippen LogP contribution in [0, 0.1) is 11.7 Å². The number of hydrogen-bond donors (Lipinski definition) is 1. The molecule has 0 radical (unpaired) electrons. The third-order valence-corrected chi connectivity index (χ3v) is 6.57. The minimum absolute atomic E-state index is 0.0728. The van der Waals surface area contributed by atoms with Crippen molar-refractivity contribution in [3.63, 3.8) is 0 Å². The molecule has 1 amide bonds. The molecule has 0 aliphatic rings. The van der Waals surface area contributed by atoms with Crippen LogP contribution >= 0.6 is 23.1 Å². The Labute approximate surface area is 202 Å². The van der Waals surface area contributed by atoms with Crippen molar-refractivity contribution in [2.45, 2.75) is 36.8 Å². The molecule has 9 nitrogen and oxygen atoms in total. The standard InChI is InChI=1S/C22H22FN3O6S2/c1-3-13(4-2)20(29)24-21-25-26-22(34-21)33-12-16-9-17(27)18(10-30-16)32-19(28)11-31-15-7-5-14(23)6-8-15/h5-10,13H,3-4,11-12H2,1-2H3,(H,24,25,29). The van der Waals surface area contributed by atoms with Crippen molar-refractivity contribution in [2.75, 3.05) is 11.9 Å². The fourth-order valence-corrected chi connectivity index (χ4v) is 4.38. The van der Waals surface area contributed by atoms with Crippen LogP contribution in [0.25, 0.3) is 0 Å². The van der Waals surface area contributed by atoms with E-state index in [-0.39, 0.29) is 29.1 Å². The molecule has 3 rings (SSSR count). The Morgan fingerprint density at radius 1 is 1.21 bits per heavy atom. The Hall–Kier alpha value is -3.25. The first-order valence-electron chi connectivity index (χ1n) is 10.4. The van der Waals surface area contributed by atoms with Gasteiger partial charge < -0.3 is 19.2 Å². The molecule has 34 heavy (non-hydrogen) atoms. The molecule has 0 aliphatic heterocycles. The third-order valence-electron chi connectivity index (χ3n) is 4.58. The zero-order valence-electron chi connectivity index (χ0n) is 18.4. The topological polar surface area (TPSA) is 121 Å². The molecule has 0 spiro atoms. The molecule has 2 heterocycles. The first kappa shape index (κ1) is 25.4. The van der Waals surface area contributed by atoms with E-state index in [1.807, 2.05) is 13.8 Å². The van der Waals surface area contributed by atoms with E-state index in [9.17, 15) is 18.8 Å². The quantitative estimate of drug-likeness (QED) is 0.230. The lowest BCUT2D eigenvalue weighted by molar-refractivity contribution is -0.136. The van der Waals surface area contributed by atoms with Gasteiger partial charge in [0, 0.05) is 12.0 Å². The Morgan fingerprint density at radius 2 is 1.94 bits per heavy atom. The third kappa shape index (κ3) is 7.39. The van der Waals surface area contributed by atoms with E-state index in [1.165, 1.54) is 53.4 Å². The summed E-state index contributed by atoms with van der Waals surface area (Å²) in [6, 6.07) is 6.34. The van der Waals surface area contributed by atoms with Crippen LogP contribution < -0.4 is 20.2 Å². The number of carbonyl (C=O) groups excluding carboxylic acids is 2. The molecule has 0 atom stereocenters. The monoisotopic (exact) mass is 507 g/mol. The van der Waals surface area contributed by atoms with Gasteiger partial charge in [0.2, 0.25) is 22.2 Å². The van der Waals surface area contributed by atoms with Crippen molar-refractivity contribution in [1.29, 1.82) is 0 Å². The summed E-state index contributed by atoms with van der Waals surface area (Å²) in [5.41, 5.74) is -0.535. The first-order valence-corrected chi connectivity index (χ1v) is 12.2. The van der Waals surface area contributed by atoms with Gasteiger partial charge in [0.1, 0.15) is 23.6 Å². The molecule has 0 saturated carbocycles. The number of aromatic nitrogens is 2. The maximum atomic E-state index is 12.9. The van der Waals surface area contributed by atoms with E-state index in [2.05, 4.69) is 15.5 Å². The SMILES string of the molecule is CCC(CC)C(=O)Nc1nnc(SCc2cc(=O)c(OC(=O)COc3ccc(F)cc3)co2)s1. The molecule has 0 aliphatic carbocycles. The zero-order valence-corrected chi connectivity index (χ0v) is 20.0. The van der Waals surface area contributed by atoms with E-state index in [0.29, 0.717) is 15.2 Å². The predicted molar refractivity (Wildman–Crippen MR) is 125 cm³/mol. The minimum Gasteiger partial charge on any atom is -0.482 e. The maximum absolute atomic E-state index is 12.9. The Morgan fingerprint density at radius 3 is 2.62 bits per heavy atom. The van der Waals surface area contributed by atoms with Crippen LogP contribution in [0.2, 0.25) is 0 Å². The summed E-state index contributed by atoms with van der Waals surface area (Å²) < 4.78 is 29.0. The highest BCUT2D eigenvalue weighted by Crippen LogP contribution is 2.28. The highest BCUT2D eigenvalue weighted by molar-refractivity contribution is 8.00. The zero-order chi connectivity index (χ0) is 24.5. The van der Waals surface area contributed by atoms with Gasteiger partial charge in [-0.2, -0.15) is 0 Å². The lowest BCUT2D eigenvalue weighted by Gasteiger charge is -2.09. The number of ether oxygens (including phenoxy) is 2. The van der Waals surface area contributed by atoms with Gasteiger partial charge in [0.15, 0.2) is 10.9 Å². The summed E-state index contributed by atoms with van der Waals surface area (Å²) in [6.45, 7) is 3.45. The summed E-state index contributed by atoms with van der Waals surface area (Å²) >= 11 is 2.51. The number of esters is 1. The lowest BCUT2D eigenvalue weighted by atomic mass is 10.0. The van der Waals surface area contributed by atoms with E-state index >= 15 is 0 Å². The number of hydrogen-bond acceptors (Lipinski definition) is 10. The van der Waals surface area contributed by atoms with Gasteiger partial charge in [0.25, 0.3) is 0 Å². The summed E-state index contributed by atoms with van der Waals surface area (Å²) in [5, 5.41) is 11.2. The number of halogens is 1. The number of amides is 1. The van der Waals surface area contributed by atoms with Crippen molar-refractivity contribution >= 4 is 40.1 Å². The molecule has 180 valence electrons. The molecule has 1 aromatic carbocycles. The van der Waals surface area contributed by atoms with Gasteiger partial charge in [-0.1, -0.05) is 36.9 Å². The average Bonchev–Trinajstić information content (AvgIpc) is 3.27. The summed E-state index contributed by atoms with van der Waals surface area (Å²) in [6.07, 6.45) is 2.54. The molecule has 1 N–H and O–H groups in total. The van der Waals surface area contributed by atoms with E-state index in [1.54, 1.807) is 0 Å². The number of benzene rings is 1. The molecular weight excluding hydrogens is 485 g/mol. The van der Waals surface area contributed by atoms with Crippen LogP contribution in [-0.2, 0) is 15.3 Å². The molecule has 0 saturated heterocycles. The molecule has 3 aromatic rings. The van der Waals surface area contributed by atoms with Gasteiger partial charge in [-0.15, -0.1) is 10.2 Å². The van der Waals surface area contributed by atoms with Crippen LogP contribution in [0.4, 0.5) is 9.52 Å².